The zero-order valence-electron chi connectivity index (χ0n) is 12.2. The third-order valence-corrected chi connectivity index (χ3v) is 4.29. The highest BCUT2D eigenvalue weighted by Crippen LogP contribution is 2.29. The number of rotatable bonds is 2. The number of benzene rings is 2. The SMILES string of the molecule is Cc1ccccc1NC(=S)NC1CCCc2ccccc21. The summed E-state index contributed by atoms with van der Waals surface area (Å²) in [5, 5.41) is 7.48. The number of anilines is 1. The molecule has 3 heteroatoms. The fourth-order valence-corrected chi connectivity index (χ4v) is 3.19. The van der Waals surface area contributed by atoms with E-state index in [1.54, 1.807) is 0 Å². The van der Waals surface area contributed by atoms with E-state index in [0.29, 0.717) is 11.2 Å². The smallest absolute Gasteiger partial charge is 0.171 e. The van der Waals surface area contributed by atoms with Gasteiger partial charge in [-0.2, -0.15) is 0 Å². The molecule has 2 N–H and O–H groups in total. The molecule has 0 heterocycles. The van der Waals surface area contributed by atoms with Crippen LogP contribution in [0.1, 0.15) is 35.6 Å². The Morgan fingerprint density at radius 2 is 1.86 bits per heavy atom. The second-order valence-electron chi connectivity index (χ2n) is 5.56. The number of hydrogen-bond donors (Lipinski definition) is 2. The molecule has 2 nitrogen and oxygen atoms in total. The van der Waals surface area contributed by atoms with Crippen LogP contribution in [0.25, 0.3) is 0 Å². The van der Waals surface area contributed by atoms with Crippen LogP contribution < -0.4 is 10.6 Å². The Balaban J connectivity index is 1.70. The third kappa shape index (κ3) is 3.24. The highest BCUT2D eigenvalue weighted by Gasteiger charge is 2.20. The molecule has 0 fully saturated rings. The number of thiocarbonyl (C=S) groups is 1. The van der Waals surface area contributed by atoms with E-state index in [1.165, 1.54) is 29.5 Å². The van der Waals surface area contributed by atoms with E-state index >= 15 is 0 Å². The molecule has 0 saturated heterocycles. The van der Waals surface area contributed by atoms with Gasteiger partial charge in [-0.05, 0) is 61.2 Å². The van der Waals surface area contributed by atoms with Crippen molar-refractivity contribution in [3.63, 3.8) is 0 Å². The maximum Gasteiger partial charge on any atom is 0.171 e. The highest BCUT2D eigenvalue weighted by atomic mass is 32.1. The molecule has 2 aromatic carbocycles. The van der Waals surface area contributed by atoms with Crippen LogP contribution in [-0.4, -0.2) is 5.11 Å². The summed E-state index contributed by atoms with van der Waals surface area (Å²) in [5.41, 5.74) is 5.10. The van der Waals surface area contributed by atoms with Gasteiger partial charge in [0.15, 0.2) is 5.11 Å². The molecule has 0 aliphatic heterocycles. The van der Waals surface area contributed by atoms with E-state index in [9.17, 15) is 0 Å². The predicted molar refractivity (Wildman–Crippen MR) is 92.7 cm³/mol. The van der Waals surface area contributed by atoms with Crippen molar-refractivity contribution in [2.24, 2.45) is 0 Å². The first kappa shape index (κ1) is 14.1. The summed E-state index contributed by atoms with van der Waals surface area (Å²) in [6.07, 6.45) is 3.51. The molecule has 21 heavy (non-hydrogen) atoms. The fraction of sp³-hybridized carbons (Fsp3) is 0.278. The minimum atomic E-state index is 0.318. The Labute approximate surface area is 131 Å². The van der Waals surface area contributed by atoms with Gasteiger partial charge in [0.25, 0.3) is 0 Å². The van der Waals surface area contributed by atoms with Gasteiger partial charge in [0.1, 0.15) is 0 Å². The van der Waals surface area contributed by atoms with Crippen LogP contribution in [0.3, 0.4) is 0 Å². The minimum Gasteiger partial charge on any atom is -0.356 e. The molecule has 1 aliphatic rings. The minimum absolute atomic E-state index is 0.318. The van der Waals surface area contributed by atoms with Crippen LogP contribution in [0.5, 0.6) is 0 Å². The summed E-state index contributed by atoms with van der Waals surface area (Å²) in [4.78, 5) is 0. The number of nitrogens with one attached hydrogen (secondary N) is 2. The summed E-state index contributed by atoms with van der Waals surface area (Å²) in [6, 6.07) is 17.2. The summed E-state index contributed by atoms with van der Waals surface area (Å²) >= 11 is 5.48. The van der Waals surface area contributed by atoms with E-state index in [2.05, 4.69) is 54.0 Å². The molecule has 1 aliphatic carbocycles. The highest BCUT2D eigenvalue weighted by molar-refractivity contribution is 7.80. The van der Waals surface area contributed by atoms with Gasteiger partial charge in [-0.25, -0.2) is 0 Å². The van der Waals surface area contributed by atoms with Crippen molar-refractivity contribution in [1.29, 1.82) is 0 Å². The molecular formula is C18H20N2S. The molecule has 0 aromatic heterocycles. The van der Waals surface area contributed by atoms with Crippen molar-refractivity contribution < 1.29 is 0 Å². The second kappa shape index (κ2) is 6.27. The molecule has 108 valence electrons. The van der Waals surface area contributed by atoms with Gasteiger partial charge in [-0.1, -0.05) is 42.5 Å². The lowest BCUT2D eigenvalue weighted by Crippen LogP contribution is -2.34. The normalized spacial score (nSPS) is 16.9. The maximum atomic E-state index is 5.48. The Kier molecular flexibility index (Phi) is 4.20. The van der Waals surface area contributed by atoms with Crippen molar-refractivity contribution in [3.8, 4) is 0 Å². The molecule has 1 unspecified atom stereocenters. The number of hydrogen-bond acceptors (Lipinski definition) is 1. The van der Waals surface area contributed by atoms with Crippen LogP contribution in [-0.2, 0) is 6.42 Å². The number of para-hydroxylation sites is 1. The van der Waals surface area contributed by atoms with Crippen LogP contribution in [0.2, 0.25) is 0 Å². The van der Waals surface area contributed by atoms with E-state index in [-0.39, 0.29) is 0 Å². The second-order valence-corrected chi connectivity index (χ2v) is 5.97. The van der Waals surface area contributed by atoms with Gasteiger partial charge in [0.2, 0.25) is 0 Å². The average Bonchev–Trinajstić information content (AvgIpc) is 2.50. The standard InChI is InChI=1S/C18H20N2S/c1-13-7-2-5-11-16(13)19-18(21)20-17-12-6-9-14-8-3-4-10-15(14)17/h2-5,7-8,10-11,17H,6,9,12H2,1H3,(H2,19,20,21). The Morgan fingerprint density at radius 1 is 1.10 bits per heavy atom. The van der Waals surface area contributed by atoms with Gasteiger partial charge in [-0.15, -0.1) is 0 Å². The fourth-order valence-electron chi connectivity index (χ4n) is 2.93. The van der Waals surface area contributed by atoms with Crippen LogP contribution in [0.4, 0.5) is 5.69 Å². The zero-order valence-corrected chi connectivity index (χ0v) is 13.0. The van der Waals surface area contributed by atoms with Crippen molar-refractivity contribution in [3.05, 3.63) is 65.2 Å². The average molecular weight is 296 g/mol. The van der Waals surface area contributed by atoms with E-state index < -0.39 is 0 Å². The lowest BCUT2D eigenvalue weighted by atomic mass is 9.88. The molecule has 0 radical (unpaired) electrons. The molecule has 0 saturated carbocycles. The van der Waals surface area contributed by atoms with E-state index in [0.717, 1.165) is 12.1 Å². The topological polar surface area (TPSA) is 24.1 Å². The molecule has 0 spiro atoms. The van der Waals surface area contributed by atoms with Crippen molar-refractivity contribution in [2.75, 3.05) is 5.32 Å². The van der Waals surface area contributed by atoms with Crippen LogP contribution in [0, 0.1) is 6.92 Å². The molecule has 1 atom stereocenters. The summed E-state index contributed by atoms with van der Waals surface area (Å²) < 4.78 is 0. The van der Waals surface area contributed by atoms with Crippen molar-refractivity contribution in [2.45, 2.75) is 32.2 Å². The van der Waals surface area contributed by atoms with Gasteiger partial charge in [0, 0.05) is 5.69 Å². The monoisotopic (exact) mass is 296 g/mol. The van der Waals surface area contributed by atoms with Gasteiger partial charge >= 0.3 is 0 Å². The first-order valence-corrected chi connectivity index (χ1v) is 7.86. The molecule has 2 aromatic rings. The van der Waals surface area contributed by atoms with E-state index in [1.807, 2.05) is 12.1 Å². The first-order valence-electron chi connectivity index (χ1n) is 7.45. The molecular weight excluding hydrogens is 276 g/mol. The predicted octanol–water partition coefficient (Wildman–Crippen LogP) is 4.36. The molecule has 3 rings (SSSR count). The summed E-state index contributed by atoms with van der Waals surface area (Å²) in [6.45, 7) is 2.08. The van der Waals surface area contributed by atoms with Crippen LogP contribution in [0.15, 0.2) is 48.5 Å². The molecule has 0 amide bonds. The van der Waals surface area contributed by atoms with Crippen molar-refractivity contribution in [1.82, 2.24) is 5.32 Å². The summed E-state index contributed by atoms with van der Waals surface area (Å²) in [5.74, 6) is 0. The van der Waals surface area contributed by atoms with Crippen LogP contribution >= 0.6 is 12.2 Å². The molecule has 0 bridgehead atoms. The Bertz CT molecular complexity index is 651. The van der Waals surface area contributed by atoms with Gasteiger partial charge < -0.3 is 10.6 Å². The first-order chi connectivity index (χ1) is 10.2. The quantitative estimate of drug-likeness (QED) is 0.805. The number of fused-ring (bicyclic) bond motifs is 1. The largest absolute Gasteiger partial charge is 0.356 e. The van der Waals surface area contributed by atoms with Gasteiger partial charge in [-0.3, -0.25) is 0 Å². The Morgan fingerprint density at radius 3 is 2.71 bits per heavy atom. The summed E-state index contributed by atoms with van der Waals surface area (Å²) in [7, 11) is 0. The van der Waals surface area contributed by atoms with Crippen molar-refractivity contribution >= 4 is 23.0 Å². The number of aryl methyl sites for hydroxylation is 2. The van der Waals surface area contributed by atoms with E-state index in [4.69, 9.17) is 12.2 Å². The maximum absolute atomic E-state index is 5.48. The zero-order chi connectivity index (χ0) is 14.7. The lowest BCUT2D eigenvalue weighted by Gasteiger charge is -2.27. The Hall–Kier alpha value is -1.87. The third-order valence-electron chi connectivity index (χ3n) is 4.07. The lowest BCUT2D eigenvalue weighted by molar-refractivity contribution is 0.529. The van der Waals surface area contributed by atoms with Gasteiger partial charge in [0.05, 0.1) is 6.04 Å².